The van der Waals surface area contributed by atoms with Crippen LogP contribution in [0, 0.1) is 0 Å². The Bertz CT molecular complexity index is 833. The Morgan fingerprint density at radius 3 is 2.69 bits per heavy atom. The lowest BCUT2D eigenvalue weighted by molar-refractivity contribution is 0.294. The summed E-state index contributed by atoms with van der Waals surface area (Å²) in [6.07, 6.45) is 2.18. The minimum atomic E-state index is -3.00. The molecule has 0 saturated carbocycles. The first-order chi connectivity index (χ1) is 12.5. The van der Waals surface area contributed by atoms with Gasteiger partial charge in [-0.3, -0.25) is 0 Å². The predicted octanol–water partition coefficient (Wildman–Crippen LogP) is 2.35. The van der Waals surface area contributed by atoms with Gasteiger partial charge in [-0.2, -0.15) is 0 Å². The van der Waals surface area contributed by atoms with E-state index in [-0.39, 0.29) is 17.5 Å². The third kappa shape index (κ3) is 4.76. The summed E-state index contributed by atoms with van der Waals surface area (Å²) in [4.78, 5) is 1.92. The van der Waals surface area contributed by atoms with Gasteiger partial charge in [0.25, 0.3) is 0 Å². The van der Waals surface area contributed by atoms with E-state index < -0.39 is 9.84 Å². The Labute approximate surface area is 159 Å². The summed E-state index contributed by atoms with van der Waals surface area (Å²) in [5, 5.41) is 3.76. The second kappa shape index (κ2) is 8.09. The first-order valence-corrected chi connectivity index (χ1v) is 10.6. The average molecular weight is 395 g/mol. The van der Waals surface area contributed by atoms with Gasteiger partial charge in [0.1, 0.15) is 11.5 Å². The SMILES string of the molecule is COc1ccc(CNC(=S)N(Cc2ccco2)[C@@H]2CCS(=O)(=O)C2)cc1. The maximum absolute atomic E-state index is 11.9. The van der Waals surface area contributed by atoms with E-state index in [9.17, 15) is 8.42 Å². The van der Waals surface area contributed by atoms with Gasteiger partial charge in [-0.05, 0) is 48.5 Å². The van der Waals surface area contributed by atoms with Crippen LogP contribution in [0.4, 0.5) is 0 Å². The van der Waals surface area contributed by atoms with Crippen molar-refractivity contribution in [2.45, 2.75) is 25.6 Å². The van der Waals surface area contributed by atoms with Crippen molar-refractivity contribution in [1.29, 1.82) is 0 Å². The summed E-state index contributed by atoms with van der Waals surface area (Å²) in [6.45, 7) is 0.999. The monoisotopic (exact) mass is 394 g/mol. The zero-order valence-electron chi connectivity index (χ0n) is 14.6. The molecule has 1 atom stereocenters. The summed E-state index contributed by atoms with van der Waals surface area (Å²) in [6, 6.07) is 11.3. The van der Waals surface area contributed by atoms with Crippen LogP contribution < -0.4 is 10.1 Å². The van der Waals surface area contributed by atoms with Crippen LogP contribution in [-0.4, -0.2) is 43.1 Å². The average Bonchev–Trinajstić information content (AvgIpc) is 3.27. The number of furan rings is 1. The van der Waals surface area contributed by atoms with Crippen LogP contribution in [0.15, 0.2) is 47.1 Å². The Morgan fingerprint density at radius 2 is 2.12 bits per heavy atom. The van der Waals surface area contributed by atoms with E-state index in [1.165, 1.54) is 0 Å². The van der Waals surface area contributed by atoms with Gasteiger partial charge in [-0.15, -0.1) is 0 Å². The summed E-state index contributed by atoms with van der Waals surface area (Å²) < 4.78 is 34.3. The van der Waals surface area contributed by atoms with Crippen LogP contribution in [0.1, 0.15) is 17.7 Å². The van der Waals surface area contributed by atoms with Crippen LogP contribution in [0.2, 0.25) is 0 Å². The molecule has 3 rings (SSSR count). The minimum Gasteiger partial charge on any atom is -0.497 e. The van der Waals surface area contributed by atoms with Gasteiger partial charge in [0.05, 0.1) is 31.4 Å². The van der Waals surface area contributed by atoms with Crippen molar-refractivity contribution in [2.24, 2.45) is 0 Å². The molecule has 26 heavy (non-hydrogen) atoms. The van der Waals surface area contributed by atoms with Gasteiger partial charge in [0, 0.05) is 12.6 Å². The molecule has 1 aromatic carbocycles. The number of ether oxygens (including phenoxy) is 1. The van der Waals surface area contributed by atoms with Crippen molar-refractivity contribution in [3.8, 4) is 5.75 Å². The Kier molecular flexibility index (Phi) is 5.83. The molecule has 0 radical (unpaired) electrons. The van der Waals surface area contributed by atoms with Gasteiger partial charge in [0.15, 0.2) is 14.9 Å². The van der Waals surface area contributed by atoms with E-state index in [0.717, 1.165) is 17.1 Å². The fourth-order valence-corrected chi connectivity index (χ4v) is 5.00. The van der Waals surface area contributed by atoms with Crippen molar-refractivity contribution >= 4 is 27.2 Å². The van der Waals surface area contributed by atoms with E-state index in [4.69, 9.17) is 21.4 Å². The molecule has 0 aliphatic carbocycles. The maximum Gasteiger partial charge on any atom is 0.169 e. The topological polar surface area (TPSA) is 71.8 Å². The summed E-state index contributed by atoms with van der Waals surface area (Å²) >= 11 is 5.56. The Balaban J connectivity index is 1.67. The number of benzene rings is 1. The van der Waals surface area contributed by atoms with Crippen LogP contribution in [0.25, 0.3) is 0 Å². The van der Waals surface area contributed by atoms with Gasteiger partial charge in [-0.1, -0.05) is 12.1 Å². The highest BCUT2D eigenvalue weighted by Gasteiger charge is 2.33. The Morgan fingerprint density at radius 1 is 1.35 bits per heavy atom. The lowest BCUT2D eigenvalue weighted by atomic mass is 10.2. The number of nitrogens with zero attached hydrogens (tertiary/aromatic N) is 1. The molecule has 0 amide bonds. The number of hydrogen-bond acceptors (Lipinski definition) is 5. The molecule has 8 heteroatoms. The van der Waals surface area contributed by atoms with Crippen LogP contribution in [0.3, 0.4) is 0 Å². The molecule has 0 unspecified atom stereocenters. The molecule has 1 aliphatic heterocycles. The van der Waals surface area contributed by atoms with E-state index in [1.807, 2.05) is 41.3 Å². The first-order valence-electron chi connectivity index (χ1n) is 8.37. The highest BCUT2D eigenvalue weighted by molar-refractivity contribution is 7.91. The molecule has 1 N–H and O–H groups in total. The summed E-state index contributed by atoms with van der Waals surface area (Å²) in [5.74, 6) is 1.88. The largest absolute Gasteiger partial charge is 0.497 e. The fourth-order valence-electron chi connectivity index (χ4n) is 2.98. The molecule has 140 valence electrons. The lowest BCUT2D eigenvalue weighted by Gasteiger charge is -2.30. The number of rotatable bonds is 6. The smallest absolute Gasteiger partial charge is 0.169 e. The molecule has 1 saturated heterocycles. The number of thiocarbonyl (C=S) groups is 1. The van der Waals surface area contributed by atoms with Gasteiger partial charge in [-0.25, -0.2) is 8.42 Å². The number of nitrogens with one attached hydrogen (secondary N) is 1. The van der Waals surface area contributed by atoms with E-state index in [0.29, 0.717) is 24.6 Å². The maximum atomic E-state index is 11.9. The van der Waals surface area contributed by atoms with Crippen LogP contribution in [-0.2, 0) is 22.9 Å². The second-order valence-corrected chi connectivity index (χ2v) is 8.89. The van der Waals surface area contributed by atoms with Crippen molar-refractivity contribution in [1.82, 2.24) is 10.2 Å². The Hall–Kier alpha value is -2.06. The van der Waals surface area contributed by atoms with Crippen molar-refractivity contribution in [2.75, 3.05) is 18.6 Å². The molecule has 0 bridgehead atoms. The molecule has 2 aromatic rings. The number of sulfone groups is 1. The van der Waals surface area contributed by atoms with E-state index in [1.54, 1.807) is 13.4 Å². The molecular weight excluding hydrogens is 372 g/mol. The van der Waals surface area contributed by atoms with Crippen LogP contribution >= 0.6 is 12.2 Å². The summed E-state index contributed by atoms with van der Waals surface area (Å²) in [5.41, 5.74) is 1.06. The third-order valence-electron chi connectivity index (χ3n) is 4.42. The van der Waals surface area contributed by atoms with Crippen molar-refractivity contribution in [3.05, 3.63) is 54.0 Å². The fraction of sp³-hybridized carbons (Fsp3) is 0.389. The van der Waals surface area contributed by atoms with Gasteiger partial charge < -0.3 is 19.4 Å². The number of methoxy groups -OCH3 is 1. The second-order valence-electron chi connectivity index (χ2n) is 6.27. The van der Waals surface area contributed by atoms with Crippen molar-refractivity contribution < 1.29 is 17.6 Å². The molecule has 2 heterocycles. The molecule has 1 aromatic heterocycles. The first kappa shape index (κ1) is 18.7. The van der Waals surface area contributed by atoms with E-state index >= 15 is 0 Å². The molecule has 1 fully saturated rings. The zero-order chi connectivity index (χ0) is 18.6. The van der Waals surface area contributed by atoms with E-state index in [2.05, 4.69) is 5.32 Å². The summed E-state index contributed by atoms with van der Waals surface area (Å²) in [7, 11) is -1.37. The molecule has 0 spiro atoms. The highest BCUT2D eigenvalue weighted by atomic mass is 32.2. The molecular formula is C18H22N2O4S2. The van der Waals surface area contributed by atoms with Gasteiger partial charge in [0.2, 0.25) is 0 Å². The molecule has 6 nitrogen and oxygen atoms in total. The van der Waals surface area contributed by atoms with Crippen LogP contribution in [0.5, 0.6) is 5.75 Å². The predicted molar refractivity (Wildman–Crippen MR) is 104 cm³/mol. The standard InChI is InChI=1S/C18H22N2O4S2/c1-23-16-6-4-14(5-7-16)11-19-18(25)20(12-17-3-2-9-24-17)15-8-10-26(21,22)13-15/h2-7,9,15H,8,10-13H2,1H3,(H,19,25)/t15-/m1/s1. The van der Waals surface area contributed by atoms with Gasteiger partial charge >= 0.3 is 0 Å². The number of hydrogen-bond donors (Lipinski definition) is 1. The highest BCUT2D eigenvalue weighted by Crippen LogP contribution is 2.21. The lowest BCUT2D eigenvalue weighted by Crippen LogP contribution is -2.45. The minimum absolute atomic E-state index is 0.123. The van der Waals surface area contributed by atoms with Crippen molar-refractivity contribution in [3.63, 3.8) is 0 Å². The molecule has 1 aliphatic rings. The normalized spacial score (nSPS) is 18.4. The quantitative estimate of drug-likeness (QED) is 0.754. The third-order valence-corrected chi connectivity index (χ3v) is 6.55. The zero-order valence-corrected chi connectivity index (χ0v) is 16.2.